The molecule has 1 unspecified atom stereocenters. The van der Waals surface area contributed by atoms with Gasteiger partial charge in [0.25, 0.3) is 0 Å². The fourth-order valence-electron chi connectivity index (χ4n) is 3.44. The molecule has 1 atom stereocenters. The average molecular weight is 518 g/mol. The Hall–Kier alpha value is -1.06. The highest BCUT2D eigenvalue weighted by molar-refractivity contribution is 14.0. The van der Waals surface area contributed by atoms with E-state index in [1.807, 2.05) is 38.1 Å². The van der Waals surface area contributed by atoms with Gasteiger partial charge in [0.2, 0.25) is 0 Å². The van der Waals surface area contributed by atoms with Crippen LogP contribution in [0.5, 0.6) is 5.75 Å². The molecule has 0 aromatic heterocycles. The molecule has 0 amide bonds. The summed E-state index contributed by atoms with van der Waals surface area (Å²) in [6, 6.07) is 7.62. The molecule has 1 aromatic rings. The quantitative estimate of drug-likeness (QED) is 0.266. The molecule has 0 saturated carbocycles. The number of guanidine groups is 1. The Bertz CT molecular complexity index is 604. The molecule has 1 saturated heterocycles. The first-order valence-electron chi connectivity index (χ1n) is 10.6. The summed E-state index contributed by atoms with van der Waals surface area (Å²) in [4.78, 5) is 6.97. The maximum absolute atomic E-state index is 10.5. The summed E-state index contributed by atoms with van der Waals surface area (Å²) in [5.74, 6) is 2.34. The van der Waals surface area contributed by atoms with E-state index in [0.717, 1.165) is 42.7 Å². The first-order valence-corrected chi connectivity index (χ1v) is 10.6. The summed E-state index contributed by atoms with van der Waals surface area (Å²) < 4.78 is 5.71. The zero-order valence-corrected chi connectivity index (χ0v) is 20.7. The van der Waals surface area contributed by atoms with E-state index in [2.05, 4.69) is 34.5 Å². The van der Waals surface area contributed by atoms with Crippen molar-refractivity contribution in [3.8, 4) is 5.75 Å². The molecule has 1 fully saturated rings. The molecule has 0 aliphatic carbocycles. The Morgan fingerprint density at radius 1 is 1.28 bits per heavy atom. The predicted molar refractivity (Wildman–Crippen MR) is 131 cm³/mol. The van der Waals surface area contributed by atoms with E-state index in [9.17, 15) is 5.11 Å². The van der Waals surface area contributed by atoms with Gasteiger partial charge in [-0.05, 0) is 83.8 Å². The minimum absolute atomic E-state index is 0. The monoisotopic (exact) mass is 518 g/mol. The van der Waals surface area contributed by atoms with Crippen LogP contribution in [-0.2, 0) is 0 Å². The molecule has 1 heterocycles. The molecule has 0 bridgehead atoms. The maximum Gasteiger partial charge on any atom is 0.191 e. The Morgan fingerprint density at radius 2 is 2.00 bits per heavy atom. The first kappa shape index (κ1) is 26.0. The van der Waals surface area contributed by atoms with E-state index in [1.165, 1.54) is 25.9 Å². The molecular formula is C22H39IN4O2. The minimum Gasteiger partial charge on any atom is -0.491 e. The van der Waals surface area contributed by atoms with E-state index < -0.39 is 6.10 Å². The smallest absolute Gasteiger partial charge is 0.191 e. The van der Waals surface area contributed by atoms with E-state index >= 15 is 0 Å². The maximum atomic E-state index is 10.5. The fraction of sp³-hybridized carbons (Fsp3) is 0.682. The van der Waals surface area contributed by atoms with Gasteiger partial charge in [0.15, 0.2) is 5.96 Å². The second-order valence-electron chi connectivity index (χ2n) is 7.94. The number of nitrogens with zero attached hydrogens (tertiary/aromatic N) is 2. The van der Waals surface area contributed by atoms with E-state index in [0.29, 0.717) is 6.54 Å². The van der Waals surface area contributed by atoms with Crippen LogP contribution in [0.25, 0.3) is 0 Å². The van der Waals surface area contributed by atoms with Gasteiger partial charge in [-0.3, -0.25) is 4.99 Å². The number of likely N-dealkylation sites (tertiary alicyclic amines) is 1. The van der Waals surface area contributed by atoms with Crippen LogP contribution in [0.3, 0.4) is 0 Å². The molecule has 1 aromatic carbocycles. The zero-order chi connectivity index (χ0) is 20.4. The summed E-state index contributed by atoms with van der Waals surface area (Å²) in [6.45, 7) is 10.5. The Kier molecular flexibility index (Phi) is 12.6. The summed E-state index contributed by atoms with van der Waals surface area (Å²) in [6.07, 6.45) is 3.17. The second kappa shape index (κ2) is 14.0. The van der Waals surface area contributed by atoms with E-state index in [1.54, 1.807) is 0 Å². The standard InChI is InChI=1S/C22H38N4O2.HI/c1-5-23-22(24-12-9-18-10-13-26(4)14-11-18)25-16-21(27)19-7-6-8-20(15-19)28-17(2)3;/h6-8,15,17-18,21,27H,5,9-14,16H2,1-4H3,(H2,23,24,25);1H. The molecule has 29 heavy (non-hydrogen) atoms. The van der Waals surface area contributed by atoms with Crippen LogP contribution in [0.15, 0.2) is 29.3 Å². The summed E-state index contributed by atoms with van der Waals surface area (Å²) in [5, 5.41) is 17.2. The number of rotatable bonds is 9. The van der Waals surface area contributed by atoms with Gasteiger partial charge < -0.3 is 25.4 Å². The van der Waals surface area contributed by atoms with Gasteiger partial charge in [0.1, 0.15) is 5.75 Å². The first-order chi connectivity index (χ1) is 13.5. The van der Waals surface area contributed by atoms with Crippen LogP contribution < -0.4 is 15.4 Å². The van der Waals surface area contributed by atoms with Gasteiger partial charge in [-0.1, -0.05) is 12.1 Å². The minimum atomic E-state index is -0.653. The number of hydrogen-bond donors (Lipinski definition) is 3. The van der Waals surface area contributed by atoms with Gasteiger partial charge in [-0.15, -0.1) is 24.0 Å². The number of aliphatic hydroxyl groups excluding tert-OH is 1. The Balaban J connectivity index is 0.00000420. The highest BCUT2D eigenvalue weighted by Crippen LogP contribution is 2.21. The SMILES string of the molecule is CCNC(=NCC(O)c1cccc(OC(C)C)c1)NCCC1CCN(C)CC1.I. The molecule has 7 heteroatoms. The molecule has 0 radical (unpaired) electrons. The molecule has 166 valence electrons. The van der Waals surface area contributed by atoms with Crippen molar-refractivity contribution < 1.29 is 9.84 Å². The highest BCUT2D eigenvalue weighted by atomic mass is 127. The van der Waals surface area contributed by atoms with Crippen molar-refractivity contribution in [1.82, 2.24) is 15.5 Å². The van der Waals surface area contributed by atoms with Gasteiger partial charge >= 0.3 is 0 Å². The number of ether oxygens (including phenoxy) is 1. The molecule has 0 spiro atoms. The van der Waals surface area contributed by atoms with Crippen molar-refractivity contribution in [2.24, 2.45) is 10.9 Å². The third-order valence-corrected chi connectivity index (χ3v) is 5.06. The van der Waals surface area contributed by atoms with Crippen LogP contribution in [-0.4, -0.2) is 61.8 Å². The topological polar surface area (TPSA) is 69.1 Å². The molecule has 2 rings (SSSR count). The van der Waals surface area contributed by atoms with E-state index in [-0.39, 0.29) is 30.1 Å². The number of hydrogen-bond acceptors (Lipinski definition) is 4. The molecule has 6 nitrogen and oxygen atoms in total. The molecule has 3 N–H and O–H groups in total. The molecule has 1 aliphatic rings. The van der Waals surface area contributed by atoms with Crippen LogP contribution in [0.2, 0.25) is 0 Å². The van der Waals surface area contributed by atoms with Crippen molar-refractivity contribution in [3.05, 3.63) is 29.8 Å². The van der Waals surface area contributed by atoms with Crippen molar-refractivity contribution in [2.75, 3.05) is 39.8 Å². The number of benzene rings is 1. The van der Waals surface area contributed by atoms with Crippen molar-refractivity contribution in [1.29, 1.82) is 0 Å². The summed E-state index contributed by atoms with van der Waals surface area (Å²) in [5.41, 5.74) is 0.823. The number of nitrogens with one attached hydrogen (secondary N) is 2. The normalized spacial score (nSPS) is 17.0. The van der Waals surface area contributed by atoms with Crippen molar-refractivity contribution in [2.45, 2.75) is 52.2 Å². The highest BCUT2D eigenvalue weighted by Gasteiger charge is 2.16. The average Bonchev–Trinajstić information content (AvgIpc) is 2.67. The third-order valence-electron chi connectivity index (χ3n) is 5.06. The van der Waals surface area contributed by atoms with Crippen LogP contribution in [0.4, 0.5) is 0 Å². The van der Waals surface area contributed by atoms with Crippen LogP contribution in [0.1, 0.15) is 51.7 Å². The fourth-order valence-corrected chi connectivity index (χ4v) is 3.44. The van der Waals surface area contributed by atoms with Crippen molar-refractivity contribution >= 4 is 29.9 Å². The van der Waals surface area contributed by atoms with Gasteiger partial charge in [0, 0.05) is 13.1 Å². The van der Waals surface area contributed by atoms with Crippen molar-refractivity contribution in [3.63, 3.8) is 0 Å². The Labute approximate surface area is 193 Å². The lowest BCUT2D eigenvalue weighted by atomic mass is 9.94. The van der Waals surface area contributed by atoms with Gasteiger partial charge in [0.05, 0.1) is 18.8 Å². The second-order valence-corrected chi connectivity index (χ2v) is 7.94. The van der Waals surface area contributed by atoms with Gasteiger partial charge in [-0.2, -0.15) is 0 Å². The molecular weight excluding hydrogens is 479 g/mol. The lowest BCUT2D eigenvalue weighted by Crippen LogP contribution is -2.39. The lowest BCUT2D eigenvalue weighted by Gasteiger charge is -2.29. The van der Waals surface area contributed by atoms with E-state index in [4.69, 9.17) is 4.74 Å². The van der Waals surface area contributed by atoms with Gasteiger partial charge in [-0.25, -0.2) is 0 Å². The largest absolute Gasteiger partial charge is 0.491 e. The molecule has 1 aliphatic heterocycles. The lowest BCUT2D eigenvalue weighted by molar-refractivity contribution is 0.185. The number of piperidine rings is 1. The zero-order valence-electron chi connectivity index (χ0n) is 18.4. The van der Waals surface area contributed by atoms with Crippen LogP contribution in [0, 0.1) is 5.92 Å². The number of aliphatic imine (C=N–C) groups is 1. The summed E-state index contributed by atoms with van der Waals surface area (Å²) in [7, 11) is 2.19. The third kappa shape index (κ3) is 10.00. The Morgan fingerprint density at radius 3 is 2.66 bits per heavy atom. The number of halogens is 1. The predicted octanol–water partition coefficient (Wildman–Crippen LogP) is 3.41. The number of aliphatic hydroxyl groups is 1. The summed E-state index contributed by atoms with van der Waals surface area (Å²) >= 11 is 0. The van der Waals surface area contributed by atoms with Crippen LogP contribution >= 0.6 is 24.0 Å².